The van der Waals surface area contributed by atoms with Crippen LogP contribution < -0.4 is 11.1 Å². The Morgan fingerprint density at radius 1 is 1.06 bits per heavy atom. The molecule has 0 amide bonds. The predicted octanol–water partition coefficient (Wildman–Crippen LogP) is 3.64. The van der Waals surface area contributed by atoms with Crippen molar-refractivity contribution in [2.24, 2.45) is 5.73 Å². The number of aryl methyl sites for hydroxylation is 2. The van der Waals surface area contributed by atoms with E-state index < -0.39 is 0 Å². The minimum absolute atomic E-state index is 0.262. The van der Waals surface area contributed by atoms with Crippen molar-refractivity contribution in [3.05, 3.63) is 58.9 Å². The second-order valence-corrected chi connectivity index (χ2v) is 4.45. The summed E-state index contributed by atoms with van der Waals surface area (Å²) in [5.41, 5.74) is 10.6. The van der Waals surface area contributed by atoms with Crippen LogP contribution in [0.1, 0.15) is 16.7 Å². The molecule has 2 rings (SSSR count). The molecule has 2 aromatic carbocycles. The van der Waals surface area contributed by atoms with E-state index in [9.17, 15) is 4.39 Å². The van der Waals surface area contributed by atoms with Crippen LogP contribution in [0.3, 0.4) is 0 Å². The number of rotatable bonds is 3. The Labute approximate surface area is 107 Å². The van der Waals surface area contributed by atoms with Crippen molar-refractivity contribution >= 4 is 11.4 Å². The van der Waals surface area contributed by atoms with Crippen molar-refractivity contribution in [1.82, 2.24) is 0 Å². The SMILES string of the molecule is Cc1ccc(C)c(Nc2ccc(F)cc2CN)c1. The molecule has 0 fully saturated rings. The second kappa shape index (κ2) is 5.19. The number of hydrogen-bond acceptors (Lipinski definition) is 2. The molecular formula is C15H17FN2. The highest BCUT2D eigenvalue weighted by molar-refractivity contribution is 5.66. The van der Waals surface area contributed by atoms with Crippen LogP contribution in [0.5, 0.6) is 0 Å². The van der Waals surface area contributed by atoms with Gasteiger partial charge in [-0.1, -0.05) is 12.1 Å². The quantitative estimate of drug-likeness (QED) is 0.865. The molecule has 0 atom stereocenters. The molecule has 3 N–H and O–H groups in total. The van der Waals surface area contributed by atoms with Gasteiger partial charge in [0.25, 0.3) is 0 Å². The summed E-state index contributed by atoms with van der Waals surface area (Å²) in [6, 6.07) is 10.8. The fourth-order valence-corrected chi connectivity index (χ4v) is 1.87. The Bertz CT molecular complexity index is 564. The molecule has 18 heavy (non-hydrogen) atoms. The maximum absolute atomic E-state index is 13.1. The molecule has 0 radical (unpaired) electrons. The van der Waals surface area contributed by atoms with Crippen molar-refractivity contribution in [2.45, 2.75) is 20.4 Å². The van der Waals surface area contributed by atoms with Gasteiger partial charge in [-0.3, -0.25) is 0 Å². The molecule has 0 aromatic heterocycles. The standard InChI is InChI=1S/C15H17FN2/c1-10-3-4-11(2)15(7-10)18-14-6-5-13(16)8-12(14)9-17/h3-8,18H,9,17H2,1-2H3. The van der Waals surface area contributed by atoms with E-state index in [4.69, 9.17) is 5.73 Å². The van der Waals surface area contributed by atoms with Crippen LogP contribution in [0.25, 0.3) is 0 Å². The lowest BCUT2D eigenvalue weighted by molar-refractivity contribution is 0.626. The third-order valence-corrected chi connectivity index (χ3v) is 2.95. The predicted molar refractivity (Wildman–Crippen MR) is 73.5 cm³/mol. The molecule has 0 aliphatic heterocycles. The molecule has 0 aliphatic carbocycles. The summed E-state index contributed by atoms with van der Waals surface area (Å²) < 4.78 is 13.1. The molecular weight excluding hydrogens is 227 g/mol. The summed E-state index contributed by atoms with van der Waals surface area (Å²) >= 11 is 0. The van der Waals surface area contributed by atoms with Crippen LogP contribution >= 0.6 is 0 Å². The largest absolute Gasteiger partial charge is 0.355 e. The van der Waals surface area contributed by atoms with Gasteiger partial charge >= 0.3 is 0 Å². The summed E-state index contributed by atoms with van der Waals surface area (Å²) in [7, 11) is 0. The summed E-state index contributed by atoms with van der Waals surface area (Å²) in [4.78, 5) is 0. The molecule has 0 heterocycles. The van der Waals surface area contributed by atoms with Gasteiger partial charge in [0.05, 0.1) is 0 Å². The summed E-state index contributed by atoms with van der Waals surface area (Å²) in [6.07, 6.45) is 0. The average molecular weight is 244 g/mol. The smallest absolute Gasteiger partial charge is 0.123 e. The first-order valence-corrected chi connectivity index (χ1v) is 5.93. The van der Waals surface area contributed by atoms with Gasteiger partial charge in [0.1, 0.15) is 5.82 Å². The monoisotopic (exact) mass is 244 g/mol. The van der Waals surface area contributed by atoms with E-state index in [1.54, 1.807) is 6.07 Å². The van der Waals surface area contributed by atoms with Crippen LogP contribution in [-0.4, -0.2) is 0 Å². The maximum Gasteiger partial charge on any atom is 0.123 e. The zero-order chi connectivity index (χ0) is 13.1. The van der Waals surface area contributed by atoms with Gasteiger partial charge in [0, 0.05) is 17.9 Å². The van der Waals surface area contributed by atoms with Gasteiger partial charge in [0.15, 0.2) is 0 Å². The summed E-state index contributed by atoms with van der Waals surface area (Å²) in [5.74, 6) is -0.262. The Balaban J connectivity index is 2.36. The highest BCUT2D eigenvalue weighted by Crippen LogP contribution is 2.24. The zero-order valence-electron chi connectivity index (χ0n) is 10.6. The van der Waals surface area contributed by atoms with Crippen molar-refractivity contribution in [3.8, 4) is 0 Å². The van der Waals surface area contributed by atoms with Crippen molar-refractivity contribution < 1.29 is 4.39 Å². The molecule has 2 aromatic rings. The first-order valence-electron chi connectivity index (χ1n) is 5.93. The van der Waals surface area contributed by atoms with E-state index in [-0.39, 0.29) is 5.82 Å². The number of nitrogens with one attached hydrogen (secondary N) is 1. The second-order valence-electron chi connectivity index (χ2n) is 4.45. The lowest BCUT2D eigenvalue weighted by Gasteiger charge is -2.13. The van der Waals surface area contributed by atoms with Crippen LogP contribution in [-0.2, 0) is 6.54 Å². The van der Waals surface area contributed by atoms with Gasteiger partial charge in [-0.15, -0.1) is 0 Å². The van der Waals surface area contributed by atoms with E-state index in [1.807, 2.05) is 13.8 Å². The molecule has 0 aliphatic rings. The topological polar surface area (TPSA) is 38.0 Å². The number of hydrogen-bond donors (Lipinski definition) is 2. The fourth-order valence-electron chi connectivity index (χ4n) is 1.87. The minimum atomic E-state index is -0.262. The van der Waals surface area contributed by atoms with E-state index in [0.29, 0.717) is 6.54 Å². The molecule has 0 saturated heterocycles. The maximum atomic E-state index is 13.1. The third kappa shape index (κ3) is 2.68. The molecule has 2 nitrogen and oxygen atoms in total. The highest BCUT2D eigenvalue weighted by atomic mass is 19.1. The Morgan fingerprint density at radius 2 is 1.83 bits per heavy atom. The average Bonchev–Trinajstić information content (AvgIpc) is 2.36. The number of nitrogens with two attached hydrogens (primary N) is 1. The van der Waals surface area contributed by atoms with Crippen LogP contribution in [0, 0.1) is 19.7 Å². The molecule has 0 bridgehead atoms. The van der Waals surface area contributed by atoms with E-state index in [2.05, 4.69) is 23.5 Å². The summed E-state index contributed by atoms with van der Waals surface area (Å²) in [6.45, 7) is 4.39. The van der Waals surface area contributed by atoms with E-state index in [1.165, 1.54) is 17.7 Å². The van der Waals surface area contributed by atoms with Crippen LogP contribution in [0.2, 0.25) is 0 Å². The lowest BCUT2D eigenvalue weighted by Crippen LogP contribution is -2.03. The van der Waals surface area contributed by atoms with Crippen molar-refractivity contribution in [3.63, 3.8) is 0 Å². The van der Waals surface area contributed by atoms with Gasteiger partial charge in [-0.2, -0.15) is 0 Å². The Hall–Kier alpha value is -1.87. The number of anilines is 2. The molecule has 0 saturated carbocycles. The number of halogens is 1. The minimum Gasteiger partial charge on any atom is -0.355 e. The lowest BCUT2D eigenvalue weighted by atomic mass is 10.1. The highest BCUT2D eigenvalue weighted by Gasteiger charge is 2.05. The zero-order valence-corrected chi connectivity index (χ0v) is 10.6. The van der Waals surface area contributed by atoms with Gasteiger partial charge in [-0.25, -0.2) is 4.39 Å². The van der Waals surface area contributed by atoms with E-state index in [0.717, 1.165) is 22.5 Å². The molecule has 0 unspecified atom stereocenters. The fraction of sp³-hybridized carbons (Fsp3) is 0.200. The third-order valence-electron chi connectivity index (χ3n) is 2.95. The molecule has 0 spiro atoms. The van der Waals surface area contributed by atoms with Crippen molar-refractivity contribution in [2.75, 3.05) is 5.32 Å². The first kappa shape index (κ1) is 12.6. The first-order chi connectivity index (χ1) is 8.60. The Kier molecular flexibility index (Phi) is 3.63. The van der Waals surface area contributed by atoms with Gasteiger partial charge in [0.2, 0.25) is 0 Å². The van der Waals surface area contributed by atoms with Gasteiger partial charge < -0.3 is 11.1 Å². The van der Waals surface area contributed by atoms with Gasteiger partial charge in [-0.05, 0) is 54.8 Å². The Morgan fingerprint density at radius 3 is 2.56 bits per heavy atom. The van der Waals surface area contributed by atoms with Crippen LogP contribution in [0.4, 0.5) is 15.8 Å². The normalized spacial score (nSPS) is 10.4. The summed E-state index contributed by atoms with van der Waals surface area (Å²) in [5, 5.41) is 3.31. The van der Waals surface area contributed by atoms with Crippen molar-refractivity contribution in [1.29, 1.82) is 0 Å². The van der Waals surface area contributed by atoms with Crippen LogP contribution in [0.15, 0.2) is 36.4 Å². The molecule has 94 valence electrons. The number of benzene rings is 2. The van der Waals surface area contributed by atoms with E-state index >= 15 is 0 Å². The molecule has 3 heteroatoms.